The first kappa shape index (κ1) is 15.4. The van der Waals surface area contributed by atoms with Crippen molar-refractivity contribution in [3.63, 3.8) is 0 Å². The fourth-order valence-electron chi connectivity index (χ4n) is 2.47. The summed E-state index contributed by atoms with van der Waals surface area (Å²) in [5.74, 6) is -0.945. The van der Waals surface area contributed by atoms with Gasteiger partial charge in [-0.25, -0.2) is 9.48 Å². The summed E-state index contributed by atoms with van der Waals surface area (Å²) in [6.45, 7) is 1.97. The molecule has 0 fully saturated rings. The van der Waals surface area contributed by atoms with Crippen LogP contribution in [0.4, 0.5) is 0 Å². The highest BCUT2D eigenvalue weighted by molar-refractivity contribution is 9.10. The van der Waals surface area contributed by atoms with Gasteiger partial charge in [0.15, 0.2) is 0 Å². The molecule has 6 heteroatoms. The quantitative estimate of drug-likeness (QED) is 0.760. The van der Waals surface area contributed by atoms with Crippen molar-refractivity contribution in [2.75, 3.05) is 0 Å². The number of pyridine rings is 1. The number of aromatic nitrogens is 3. The molecule has 0 aliphatic heterocycles. The third-order valence-corrected chi connectivity index (χ3v) is 4.17. The Hall–Kier alpha value is -2.47. The van der Waals surface area contributed by atoms with E-state index in [1.165, 1.54) is 12.3 Å². The van der Waals surface area contributed by atoms with Crippen molar-refractivity contribution in [3.8, 4) is 5.69 Å². The van der Waals surface area contributed by atoms with Crippen LogP contribution in [0.25, 0.3) is 5.69 Å². The molecule has 2 aromatic heterocycles. The van der Waals surface area contributed by atoms with E-state index in [1.807, 2.05) is 35.9 Å². The summed E-state index contributed by atoms with van der Waals surface area (Å²) in [5.41, 5.74) is 3.85. The number of nitrogens with zero attached hydrogens (tertiary/aromatic N) is 3. The number of hydrogen-bond donors (Lipinski definition) is 1. The average Bonchev–Trinajstić information content (AvgIpc) is 2.89. The molecule has 0 saturated heterocycles. The molecule has 1 aromatic carbocycles. The van der Waals surface area contributed by atoms with Crippen molar-refractivity contribution >= 4 is 21.9 Å². The molecule has 1 N–H and O–H groups in total. The second-order valence-electron chi connectivity index (χ2n) is 5.16. The molecule has 3 aromatic rings. The minimum atomic E-state index is -0.945. The number of benzene rings is 1. The smallest absolute Gasteiger partial charge is 0.336 e. The molecule has 0 amide bonds. The molecule has 0 unspecified atom stereocenters. The average molecular weight is 372 g/mol. The van der Waals surface area contributed by atoms with Crippen molar-refractivity contribution in [1.82, 2.24) is 14.8 Å². The molecule has 0 radical (unpaired) electrons. The van der Waals surface area contributed by atoms with Crippen LogP contribution in [0.2, 0.25) is 0 Å². The third kappa shape index (κ3) is 3.17. The molecule has 0 aliphatic rings. The van der Waals surface area contributed by atoms with Gasteiger partial charge in [0.05, 0.1) is 17.4 Å². The number of aromatic carboxylic acids is 1. The lowest BCUT2D eigenvalue weighted by molar-refractivity contribution is 0.0695. The van der Waals surface area contributed by atoms with Crippen molar-refractivity contribution in [2.45, 2.75) is 13.3 Å². The standard InChI is InChI=1S/C17H14BrN3O2/c1-11-12(7-13-9-19-6-5-16(13)17(22)23)10-20-21(11)15-4-2-3-14(18)8-15/h2-6,8-10H,7H2,1H3,(H,22,23). The first-order valence-electron chi connectivity index (χ1n) is 7.02. The predicted octanol–water partition coefficient (Wildman–Crippen LogP) is 3.63. The van der Waals surface area contributed by atoms with Crippen molar-refractivity contribution < 1.29 is 9.90 Å². The van der Waals surface area contributed by atoms with E-state index in [-0.39, 0.29) is 5.56 Å². The Bertz CT molecular complexity index is 874. The number of carboxylic acids is 1. The zero-order valence-corrected chi connectivity index (χ0v) is 14.0. The number of carbonyl (C=O) groups is 1. The lowest BCUT2D eigenvalue weighted by Crippen LogP contribution is -2.04. The molecule has 23 heavy (non-hydrogen) atoms. The van der Waals surface area contributed by atoms with Gasteiger partial charge in [-0.1, -0.05) is 22.0 Å². The van der Waals surface area contributed by atoms with Gasteiger partial charge >= 0.3 is 5.97 Å². The number of rotatable bonds is 4. The van der Waals surface area contributed by atoms with Gasteiger partial charge in [0.1, 0.15) is 0 Å². The molecule has 0 spiro atoms. The molecule has 0 bridgehead atoms. The maximum absolute atomic E-state index is 11.3. The number of carboxylic acid groups (broad SMARTS) is 1. The Balaban J connectivity index is 1.96. The topological polar surface area (TPSA) is 68.0 Å². The van der Waals surface area contributed by atoms with Crippen LogP contribution in [0.3, 0.4) is 0 Å². The van der Waals surface area contributed by atoms with Crippen molar-refractivity contribution in [1.29, 1.82) is 0 Å². The Morgan fingerprint density at radius 1 is 1.26 bits per heavy atom. The molecular formula is C17H14BrN3O2. The highest BCUT2D eigenvalue weighted by Crippen LogP contribution is 2.21. The lowest BCUT2D eigenvalue weighted by Gasteiger charge is -2.07. The summed E-state index contributed by atoms with van der Waals surface area (Å²) in [6, 6.07) is 9.38. The van der Waals surface area contributed by atoms with E-state index in [2.05, 4.69) is 26.0 Å². The second kappa shape index (κ2) is 6.34. The number of hydrogen-bond acceptors (Lipinski definition) is 3. The van der Waals surface area contributed by atoms with Crippen LogP contribution >= 0.6 is 15.9 Å². The molecule has 3 rings (SSSR count). The molecule has 2 heterocycles. The van der Waals surface area contributed by atoms with Crippen LogP contribution < -0.4 is 0 Å². The zero-order valence-electron chi connectivity index (χ0n) is 12.4. The molecule has 0 saturated carbocycles. The lowest BCUT2D eigenvalue weighted by atomic mass is 10.0. The van der Waals surface area contributed by atoms with Crippen LogP contribution in [0.5, 0.6) is 0 Å². The van der Waals surface area contributed by atoms with E-state index in [0.29, 0.717) is 12.0 Å². The van der Waals surface area contributed by atoms with Gasteiger partial charge in [-0.2, -0.15) is 5.10 Å². The molecule has 116 valence electrons. The summed E-state index contributed by atoms with van der Waals surface area (Å²) in [6.07, 6.45) is 5.34. The first-order chi connectivity index (χ1) is 11.1. The first-order valence-corrected chi connectivity index (χ1v) is 7.81. The van der Waals surface area contributed by atoms with Gasteiger partial charge in [0, 0.05) is 29.0 Å². The largest absolute Gasteiger partial charge is 0.478 e. The Labute approximate surface area is 141 Å². The Morgan fingerprint density at radius 2 is 2.09 bits per heavy atom. The van der Waals surface area contributed by atoms with E-state index in [4.69, 9.17) is 0 Å². The van der Waals surface area contributed by atoms with E-state index < -0.39 is 5.97 Å². The van der Waals surface area contributed by atoms with Crippen molar-refractivity contribution in [2.24, 2.45) is 0 Å². The van der Waals surface area contributed by atoms with Crippen molar-refractivity contribution in [3.05, 3.63) is 75.8 Å². The minimum Gasteiger partial charge on any atom is -0.478 e. The molecule has 5 nitrogen and oxygen atoms in total. The molecule has 0 aliphatic carbocycles. The third-order valence-electron chi connectivity index (χ3n) is 3.68. The fraction of sp³-hybridized carbons (Fsp3) is 0.118. The van der Waals surface area contributed by atoms with E-state index >= 15 is 0 Å². The highest BCUT2D eigenvalue weighted by atomic mass is 79.9. The normalized spacial score (nSPS) is 10.7. The summed E-state index contributed by atoms with van der Waals surface area (Å²) in [5, 5.41) is 13.7. The maximum atomic E-state index is 11.3. The van der Waals surface area contributed by atoms with Crippen LogP contribution in [0.15, 0.2) is 53.4 Å². The van der Waals surface area contributed by atoms with E-state index in [0.717, 1.165) is 21.4 Å². The van der Waals surface area contributed by atoms with Gasteiger partial charge in [0.25, 0.3) is 0 Å². The zero-order chi connectivity index (χ0) is 16.4. The van der Waals surface area contributed by atoms with E-state index in [1.54, 1.807) is 12.4 Å². The summed E-state index contributed by atoms with van der Waals surface area (Å²) < 4.78 is 2.82. The SMILES string of the molecule is Cc1c(Cc2cnccc2C(=O)O)cnn1-c1cccc(Br)c1. The second-order valence-corrected chi connectivity index (χ2v) is 6.08. The minimum absolute atomic E-state index is 0.273. The summed E-state index contributed by atoms with van der Waals surface area (Å²) >= 11 is 3.46. The van der Waals surface area contributed by atoms with Crippen LogP contribution in [0, 0.1) is 6.92 Å². The number of halogens is 1. The molecule has 0 atom stereocenters. The van der Waals surface area contributed by atoms with E-state index in [9.17, 15) is 9.90 Å². The Morgan fingerprint density at radius 3 is 2.83 bits per heavy atom. The van der Waals surface area contributed by atoms with Crippen LogP contribution in [-0.2, 0) is 6.42 Å². The van der Waals surface area contributed by atoms with Crippen LogP contribution in [-0.4, -0.2) is 25.8 Å². The van der Waals surface area contributed by atoms with Gasteiger partial charge in [-0.15, -0.1) is 0 Å². The van der Waals surface area contributed by atoms with Crippen LogP contribution in [0.1, 0.15) is 27.2 Å². The monoisotopic (exact) mass is 371 g/mol. The van der Waals surface area contributed by atoms with Gasteiger partial charge < -0.3 is 5.11 Å². The van der Waals surface area contributed by atoms with Gasteiger partial charge in [-0.3, -0.25) is 4.98 Å². The van der Waals surface area contributed by atoms with Gasteiger partial charge in [-0.05, 0) is 42.3 Å². The predicted molar refractivity (Wildman–Crippen MR) is 90.0 cm³/mol. The van der Waals surface area contributed by atoms with Gasteiger partial charge in [0.2, 0.25) is 0 Å². The highest BCUT2D eigenvalue weighted by Gasteiger charge is 2.14. The summed E-state index contributed by atoms with van der Waals surface area (Å²) in [7, 11) is 0. The Kier molecular flexibility index (Phi) is 4.25. The summed E-state index contributed by atoms with van der Waals surface area (Å²) in [4.78, 5) is 15.3. The maximum Gasteiger partial charge on any atom is 0.336 e. The fourth-order valence-corrected chi connectivity index (χ4v) is 2.85. The molecular weight excluding hydrogens is 358 g/mol.